The van der Waals surface area contributed by atoms with Crippen LogP contribution in [0.5, 0.6) is 0 Å². The quantitative estimate of drug-likeness (QED) is 0.740. The molecule has 2 aromatic rings. The molecule has 1 heterocycles. The fourth-order valence-electron chi connectivity index (χ4n) is 5.75. The fraction of sp³-hybridized carbons (Fsp3) is 0.550. The standard InChI is InChI=1S/C20H21F2N3O2S/c21-15-2-1-14(6-16(15)22)23-17(26)10-28-19-25-24-18(27-19)20-7-11-3-12(8-20)5-13(4-11)9-20/h1-2,6,11-13H,3-5,7-10H2,(H,23,26). The molecule has 8 heteroatoms. The van der Waals surface area contributed by atoms with Crippen LogP contribution in [0.1, 0.15) is 44.4 Å². The first-order valence-electron chi connectivity index (χ1n) is 9.71. The van der Waals surface area contributed by atoms with Gasteiger partial charge in [0.1, 0.15) is 0 Å². The highest BCUT2D eigenvalue weighted by atomic mass is 32.2. The third-order valence-corrected chi connectivity index (χ3v) is 7.25. The van der Waals surface area contributed by atoms with Crippen molar-refractivity contribution in [2.45, 2.75) is 49.2 Å². The smallest absolute Gasteiger partial charge is 0.277 e. The fourth-order valence-corrected chi connectivity index (χ4v) is 6.32. The summed E-state index contributed by atoms with van der Waals surface area (Å²) < 4.78 is 32.1. The SMILES string of the molecule is O=C(CSc1nnc(C23CC4CC(CC(C4)C2)C3)o1)Nc1ccc(F)c(F)c1. The van der Waals surface area contributed by atoms with Crippen molar-refractivity contribution >= 4 is 23.4 Å². The van der Waals surface area contributed by atoms with Crippen LogP contribution >= 0.6 is 11.8 Å². The predicted molar refractivity (Wildman–Crippen MR) is 99.9 cm³/mol. The number of carbonyl (C=O) groups excluding carboxylic acids is 1. The average Bonchev–Trinajstić information content (AvgIpc) is 3.12. The predicted octanol–water partition coefficient (Wildman–Crippen LogP) is 4.55. The van der Waals surface area contributed by atoms with Crippen LogP contribution in [0.2, 0.25) is 0 Å². The van der Waals surface area contributed by atoms with Crippen molar-refractivity contribution < 1.29 is 18.0 Å². The summed E-state index contributed by atoms with van der Waals surface area (Å²) in [4.78, 5) is 12.1. The van der Waals surface area contributed by atoms with Gasteiger partial charge in [-0.15, -0.1) is 10.2 Å². The van der Waals surface area contributed by atoms with E-state index in [0.717, 1.165) is 66.8 Å². The van der Waals surface area contributed by atoms with Crippen LogP contribution in [0.25, 0.3) is 0 Å². The van der Waals surface area contributed by atoms with Crippen molar-refractivity contribution in [3.05, 3.63) is 35.7 Å². The summed E-state index contributed by atoms with van der Waals surface area (Å²) >= 11 is 1.16. The molecule has 0 aliphatic heterocycles. The normalized spacial score (nSPS) is 30.6. The van der Waals surface area contributed by atoms with Gasteiger partial charge < -0.3 is 9.73 Å². The summed E-state index contributed by atoms with van der Waals surface area (Å²) in [5.74, 6) is 0.865. The maximum atomic E-state index is 13.2. The van der Waals surface area contributed by atoms with E-state index in [4.69, 9.17) is 4.42 Å². The Morgan fingerprint density at radius 3 is 2.43 bits per heavy atom. The first kappa shape index (κ1) is 18.1. The van der Waals surface area contributed by atoms with Gasteiger partial charge >= 0.3 is 0 Å². The molecule has 4 fully saturated rings. The molecule has 0 atom stereocenters. The Labute approximate surface area is 165 Å². The first-order valence-corrected chi connectivity index (χ1v) is 10.7. The van der Waals surface area contributed by atoms with Gasteiger partial charge in [-0.1, -0.05) is 11.8 Å². The molecule has 4 saturated carbocycles. The summed E-state index contributed by atoms with van der Waals surface area (Å²) in [6, 6.07) is 3.25. The highest BCUT2D eigenvalue weighted by Crippen LogP contribution is 2.60. The minimum absolute atomic E-state index is 0.0362. The number of rotatable bonds is 5. The van der Waals surface area contributed by atoms with E-state index >= 15 is 0 Å². The molecule has 1 aromatic heterocycles. The van der Waals surface area contributed by atoms with Crippen LogP contribution in [-0.4, -0.2) is 21.9 Å². The zero-order valence-electron chi connectivity index (χ0n) is 15.3. The number of nitrogens with zero attached hydrogens (tertiary/aromatic N) is 2. The van der Waals surface area contributed by atoms with Crippen molar-refractivity contribution in [2.24, 2.45) is 17.8 Å². The van der Waals surface area contributed by atoms with Crippen LogP contribution in [0.15, 0.2) is 27.8 Å². The number of aromatic nitrogens is 2. The number of anilines is 1. The number of hydrogen-bond acceptors (Lipinski definition) is 5. The monoisotopic (exact) mass is 405 g/mol. The minimum atomic E-state index is -0.998. The zero-order chi connectivity index (χ0) is 19.3. The molecular weight excluding hydrogens is 384 g/mol. The molecular formula is C20H21F2N3O2S. The maximum Gasteiger partial charge on any atom is 0.277 e. The number of thioether (sulfide) groups is 1. The van der Waals surface area contributed by atoms with Gasteiger partial charge in [-0.25, -0.2) is 8.78 Å². The maximum absolute atomic E-state index is 13.2. The second-order valence-electron chi connectivity index (χ2n) is 8.54. The van der Waals surface area contributed by atoms with Crippen molar-refractivity contribution in [2.75, 3.05) is 11.1 Å². The van der Waals surface area contributed by atoms with E-state index in [1.807, 2.05) is 0 Å². The lowest BCUT2D eigenvalue weighted by Crippen LogP contribution is -2.48. The molecule has 4 aliphatic rings. The summed E-state index contributed by atoms with van der Waals surface area (Å²) in [6.45, 7) is 0. The molecule has 1 amide bonds. The lowest BCUT2D eigenvalue weighted by Gasteiger charge is -2.55. The number of halogens is 2. The second-order valence-corrected chi connectivity index (χ2v) is 9.46. The van der Waals surface area contributed by atoms with Crippen LogP contribution in [0.3, 0.4) is 0 Å². The Bertz CT molecular complexity index is 881. The van der Waals surface area contributed by atoms with Gasteiger partial charge in [0.25, 0.3) is 5.22 Å². The Kier molecular flexibility index (Phi) is 4.41. The van der Waals surface area contributed by atoms with Gasteiger partial charge in [-0.3, -0.25) is 4.79 Å². The Balaban J connectivity index is 1.21. The first-order chi connectivity index (χ1) is 13.5. The number of carbonyl (C=O) groups is 1. The molecule has 0 radical (unpaired) electrons. The molecule has 0 spiro atoms. The van der Waals surface area contributed by atoms with E-state index < -0.39 is 11.6 Å². The van der Waals surface area contributed by atoms with Crippen LogP contribution in [0, 0.1) is 29.4 Å². The molecule has 5 nitrogen and oxygen atoms in total. The minimum Gasteiger partial charge on any atom is -0.415 e. The molecule has 6 rings (SSSR count). The summed E-state index contributed by atoms with van der Waals surface area (Å²) in [5.41, 5.74) is 0.248. The molecule has 4 aliphatic carbocycles. The van der Waals surface area contributed by atoms with Gasteiger partial charge in [0.2, 0.25) is 11.8 Å². The number of hydrogen-bond donors (Lipinski definition) is 1. The lowest BCUT2D eigenvalue weighted by atomic mass is 9.49. The Hall–Kier alpha value is -1.96. The van der Waals surface area contributed by atoms with E-state index in [9.17, 15) is 13.6 Å². The molecule has 1 N–H and O–H groups in total. The van der Waals surface area contributed by atoms with Crippen LogP contribution < -0.4 is 5.32 Å². The lowest BCUT2D eigenvalue weighted by molar-refractivity contribution is -0.113. The van der Waals surface area contributed by atoms with E-state index in [2.05, 4.69) is 15.5 Å². The highest BCUT2D eigenvalue weighted by molar-refractivity contribution is 7.99. The van der Waals surface area contributed by atoms with Gasteiger partial charge in [-0.2, -0.15) is 0 Å². The summed E-state index contributed by atoms with van der Waals surface area (Å²) in [6.07, 6.45) is 7.46. The summed E-state index contributed by atoms with van der Waals surface area (Å²) in [5, 5.41) is 11.4. The number of nitrogens with one attached hydrogen (secondary N) is 1. The largest absolute Gasteiger partial charge is 0.415 e. The van der Waals surface area contributed by atoms with Gasteiger partial charge in [0, 0.05) is 17.2 Å². The van der Waals surface area contributed by atoms with E-state index in [1.54, 1.807) is 0 Å². The number of amides is 1. The molecule has 4 bridgehead atoms. The zero-order valence-corrected chi connectivity index (χ0v) is 16.1. The van der Waals surface area contributed by atoms with Gasteiger partial charge in [-0.05, 0) is 68.4 Å². The van der Waals surface area contributed by atoms with Gasteiger partial charge in [0.05, 0.1) is 5.75 Å². The topological polar surface area (TPSA) is 68.0 Å². The molecule has 28 heavy (non-hydrogen) atoms. The van der Waals surface area contributed by atoms with Crippen molar-refractivity contribution in [1.29, 1.82) is 0 Å². The van der Waals surface area contributed by atoms with E-state index in [1.165, 1.54) is 25.3 Å². The van der Waals surface area contributed by atoms with E-state index in [0.29, 0.717) is 5.22 Å². The molecule has 0 saturated heterocycles. The second kappa shape index (κ2) is 6.83. The Morgan fingerprint density at radius 2 is 1.79 bits per heavy atom. The van der Waals surface area contributed by atoms with Crippen molar-refractivity contribution in [3.8, 4) is 0 Å². The molecule has 148 valence electrons. The number of benzene rings is 1. The van der Waals surface area contributed by atoms with Crippen LogP contribution in [-0.2, 0) is 10.2 Å². The summed E-state index contributed by atoms with van der Waals surface area (Å²) in [7, 11) is 0. The third kappa shape index (κ3) is 3.32. The Morgan fingerprint density at radius 1 is 1.11 bits per heavy atom. The van der Waals surface area contributed by atoms with Crippen molar-refractivity contribution in [3.63, 3.8) is 0 Å². The third-order valence-electron chi connectivity index (χ3n) is 6.43. The molecule has 0 unspecified atom stereocenters. The molecule has 1 aromatic carbocycles. The van der Waals surface area contributed by atoms with E-state index in [-0.39, 0.29) is 22.8 Å². The van der Waals surface area contributed by atoms with Gasteiger partial charge in [0.15, 0.2) is 11.6 Å². The highest BCUT2D eigenvalue weighted by Gasteiger charge is 2.54. The average molecular weight is 405 g/mol. The van der Waals surface area contributed by atoms with Crippen molar-refractivity contribution in [1.82, 2.24) is 10.2 Å². The van der Waals surface area contributed by atoms with Crippen LogP contribution in [0.4, 0.5) is 14.5 Å².